The second kappa shape index (κ2) is 8.44. The Kier molecular flexibility index (Phi) is 6.29. The van der Waals surface area contributed by atoms with E-state index in [-0.39, 0.29) is 11.9 Å². The van der Waals surface area contributed by atoms with Crippen molar-refractivity contribution < 1.29 is 4.79 Å². The smallest absolute Gasteiger partial charge is 0.230 e. The number of thiocarbonyl (C=S) groups is 1. The number of nitrogens with one attached hydrogen (secondary N) is 2. The summed E-state index contributed by atoms with van der Waals surface area (Å²) in [7, 11) is 0. The largest absolute Gasteiger partial charge is 0.356 e. The quantitative estimate of drug-likeness (QED) is 0.824. The molecule has 2 aromatic rings. The molecule has 1 atom stereocenters. The average Bonchev–Trinajstić information content (AvgIpc) is 2.55. The molecule has 0 radical (unpaired) electrons. The van der Waals surface area contributed by atoms with Crippen LogP contribution in [-0.4, -0.2) is 11.0 Å². The van der Waals surface area contributed by atoms with Crippen LogP contribution >= 0.6 is 12.2 Å². The molecule has 0 saturated heterocycles. The van der Waals surface area contributed by atoms with Crippen molar-refractivity contribution in [3.05, 3.63) is 71.3 Å². The van der Waals surface area contributed by atoms with Gasteiger partial charge in [-0.1, -0.05) is 61.5 Å². The summed E-state index contributed by atoms with van der Waals surface area (Å²) in [6, 6.07) is 18.1. The van der Waals surface area contributed by atoms with Crippen molar-refractivity contribution in [1.82, 2.24) is 10.6 Å². The molecule has 2 aromatic carbocycles. The van der Waals surface area contributed by atoms with Gasteiger partial charge in [-0.05, 0) is 42.3 Å². The van der Waals surface area contributed by atoms with E-state index in [0.717, 1.165) is 23.1 Å². The predicted octanol–water partition coefficient (Wildman–Crippen LogP) is 3.68. The molecule has 2 N–H and O–H groups in total. The topological polar surface area (TPSA) is 41.1 Å². The molecule has 0 heterocycles. The van der Waals surface area contributed by atoms with Crippen molar-refractivity contribution in [2.45, 2.75) is 32.7 Å². The van der Waals surface area contributed by atoms with Gasteiger partial charge >= 0.3 is 0 Å². The second-order valence-corrected chi connectivity index (χ2v) is 5.90. The van der Waals surface area contributed by atoms with Crippen LogP contribution in [0.1, 0.15) is 36.1 Å². The molecule has 0 aliphatic rings. The highest BCUT2D eigenvalue weighted by atomic mass is 32.1. The second-order valence-electron chi connectivity index (χ2n) is 5.50. The lowest BCUT2D eigenvalue weighted by Crippen LogP contribution is -2.41. The summed E-state index contributed by atoms with van der Waals surface area (Å²) in [5, 5.41) is 6.36. The van der Waals surface area contributed by atoms with Gasteiger partial charge in [0, 0.05) is 0 Å². The maximum Gasteiger partial charge on any atom is 0.230 e. The summed E-state index contributed by atoms with van der Waals surface area (Å²) >= 11 is 5.28. The molecule has 2 rings (SSSR count). The summed E-state index contributed by atoms with van der Waals surface area (Å²) < 4.78 is 0. The van der Waals surface area contributed by atoms with Gasteiger partial charge in [-0.3, -0.25) is 4.79 Å². The van der Waals surface area contributed by atoms with Crippen LogP contribution in [-0.2, 0) is 11.2 Å². The first-order valence-corrected chi connectivity index (χ1v) is 8.20. The van der Waals surface area contributed by atoms with Crippen molar-refractivity contribution in [1.29, 1.82) is 0 Å². The Labute approximate surface area is 143 Å². The van der Waals surface area contributed by atoms with E-state index >= 15 is 0 Å². The molecule has 0 aliphatic heterocycles. The summed E-state index contributed by atoms with van der Waals surface area (Å²) in [5.41, 5.74) is 3.28. The third-order valence-corrected chi connectivity index (χ3v) is 4.00. The summed E-state index contributed by atoms with van der Waals surface area (Å²) in [6.45, 7) is 4.09. The Morgan fingerprint density at radius 3 is 2.39 bits per heavy atom. The van der Waals surface area contributed by atoms with E-state index in [2.05, 4.69) is 29.7 Å². The zero-order valence-corrected chi connectivity index (χ0v) is 14.3. The zero-order valence-electron chi connectivity index (χ0n) is 13.5. The Bertz CT molecular complexity index is 670. The summed E-state index contributed by atoms with van der Waals surface area (Å²) in [6.07, 6.45) is 1.22. The van der Waals surface area contributed by atoms with E-state index in [0.29, 0.717) is 11.5 Å². The first kappa shape index (κ1) is 17.2. The van der Waals surface area contributed by atoms with Gasteiger partial charge in [0.2, 0.25) is 5.91 Å². The van der Waals surface area contributed by atoms with Gasteiger partial charge in [-0.25, -0.2) is 0 Å². The van der Waals surface area contributed by atoms with Crippen LogP contribution in [0.15, 0.2) is 54.6 Å². The van der Waals surface area contributed by atoms with Gasteiger partial charge in [0.15, 0.2) is 5.11 Å². The minimum atomic E-state index is -0.0975. The van der Waals surface area contributed by atoms with Crippen molar-refractivity contribution in [2.75, 3.05) is 0 Å². The fraction of sp³-hybridized carbons (Fsp3) is 0.263. The van der Waals surface area contributed by atoms with Gasteiger partial charge in [-0.15, -0.1) is 0 Å². The molecule has 0 saturated carbocycles. The van der Waals surface area contributed by atoms with E-state index in [1.165, 1.54) is 0 Å². The molecular weight excluding hydrogens is 304 g/mol. The maximum absolute atomic E-state index is 12.1. The van der Waals surface area contributed by atoms with E-state index in [1.54, 1.807) is 0 Å². The first-order chi connectivity index (χ1) is 11.1. The fourth-order valence-corrected chi connectivity index (χ4v) is 2.71. The van der Waals surface area contributed by atoms with E-state index in [4.69, 9.17) is 12.2 Å². The Morgan fingerprint density at radius 1 is 1.09 bits per heavy atom. The van der Waals surface area contributed by atoms with Crippen LogP contribution in [0.4, 0.5) is 0 Å². The third-order valence-electron chi connectivity index (χ3n) is 3.78. The molecule has 120 valence electrons. The average molecular weight is 326 g/mol. The number of carbonyl (C=O) groups excluding carboxylic acids is 1. The van der Waals surface area contributed by atoms with Crippen molar-refractivity contribution in [3.8, 4) is 0 Å². The number of carbonyl (C=O) groups is 1. The van der Waals surface area contributed by atoms with Gasteiger partial charge < -0.3 is 10.6 Å². The van der Waals surface area contributed by atoms with E-state index < -0.39 is 0 Å². The van der Waals surface area contributed by atoms with Crippen LogP contribution in [0.25, 0.3) is 0 Å². The molecule has 0 bridgehead atoms. The lowest BCUT2D eigenvalue weighted by atomic mass is 10.1. The molecule has 23 heavy (non-hydrogen) atoms. The zero-order chi connectivity index (χ0) is 16.7. The summed E-state index contributed by atoms with van der Waals surface area (Å²) in [4.78, 5) is 12.1. The number of benzene rings is 2. The number of rotatable bonds is 5. The highest BCUT2D eigenvalue weighted by molar-refractivity contribution is 7.80. The van der Waals surface area contributed by atoms with Crippen LogP contribution in [0, 0.1) is 6.92 Å². The fourth-order valence-electron chi connectivity index (χ4n) is 2.45. The normalized spacial score (nSPS) is 11.6. The van der Waals surface area contributed by atoms with Crippen LogP contribution < -0.4 is 10.6 Å². The Hall–Kier alpha value is -2.20. The third kappa shape index (κ3) is 5.18. The lowest BCUT2D eigenvalue weighted by molar-refractivity contribution is -0.119. The van der Waals surface area contributed by atoms with E-state index in [1.807, 2.05) is 49.4 Å². The van der Waals surface area contributed by atoms with Gasteiger partial charge in [-0.2, -0.15) is 0 Å². The Morgan fingerprint density at radius 2 is 1.74 bits per heavy atom. The SMILES string of the molecule is CCC(NC(=S)NC(=O)Cc1ccccc1C)c1ccccc1. The van der Waals surface area contributed by atoms with Crippen molar-refractivity contribution >= 4 is 23.2 Å². The minimum Gasteiger partial charge on any atom is -0.356 e. The van der Waals surface area contributed by atoms with Gasteiger partial charge in [0.25, 0.3) is 0 Å². The predicted molar refractivity (Wildman–Crippen MR) is 98.2 cm³/mol. The van der Waals surface area contributed by atoms with Crippen LogP contribution in [0.5, 0.6) is 0 Å². The number of aryl methyl sites for hydroxylation is 1. The molecule has 0 spiro atoms. The highest BCUT2D eigenvalue weighted by Crippen LogP contribution is 2.15. The number of amides is 1. The number of hydrogen-bond acceptors (Lipinski definition) is 2. The highest BCUT2D eigenvalue weighted by Gasteiger charge is 2.12. The molecule has 4 heteroatoms. The van der Waals surface area contributed by atoms with Crippen LogP contribution in [0.3, 0.4) is 0 Å². The number of hydrogen-bond donors (Lipinski definition) is 2. The Balaban J connectivity index is 1.91. The molecule has 3 nitrogen and oxygen atoms in total. The summed E-state index contributed by atoms with van der Waals surface area (Å²) in [5.74, 6) is -0.0975. The van der Waals surface area contributed by atoms with Crippen molar-refractivity contribution in [3.63, 3.8) is 0 Å². The monoisotopic (exact) mass is 326 g/mol. The molecule has 0 aliphatic carbocycles. The molecule has 0 aromatic heterocycles. The standard InChI is InChI=1S/C19H22N2OS/c1-3-17(15-10-5-4-6-11-15)20-19(23)21-18(22)13-16-12-8-7-9-14(16)2/h4-12,17H,3,13H2,1-2H3,(H2,20,21,22,23). The van der Waals surface area contributed by atoms with Crippen molar-refractivity contribution in [2.24, 2.45) is 0 Å². The molecule has 0 fully saturated rings. The van der Waals surface area contributed by atoms with Crippen LogP contribution in [0.2, 0.25) is 0 Å². The molecular formula is C19H22N2OS. The molecule has 1 unspecified atom stereocenters. The first-order valence-electron chi connectivity index (χ1n) is 7.80. The van der Waals surface area contributed by atoms with E-state index in [9.17, 15) is 4.79 Å². The minimum absolute atomic E-state index is 0.0975. The van der Waals surface area contributed by atoms with Gasteiger partial charge in [0.05, 0.1) is 12.5 Å². The molecule has 1 amide bonds. The lowest BCUT2D eigenvalue weighted by Gasteiger charge is -2.19. The van der Waals surface area contributed by atoms with Gasteiger partial charge in [0.1, 0.15) is 0 Å². The maximum atomic E-state index is 12.1.